The largest absolute Gasteiger partial charge is 0.370 e. The van der Waals surface area contributed by atoms with Crippen LogP contribution in [0.5, 0.6) is 0 Å². The molecule has 0 aromatic carbocycles. The molecule has 0 radical (unpaired) electrons. The molecule has 13 heavy (non-hydrogen) atoms. The van der Waals surface area contributed by atoms with Crippen molar-refractivity contribution in [2.75, 3.05) is 0 Å². The number of nitrogens with two attached hydrogens (primary N) is 2. The lowest BCUT2D eigenvalue weighted by Crippen LogP contribution is -2.22. The van der Waals surface area contributed by atoms with Crippen LogP contribution >= 0.6 is 0 Å². The van der Waals surface area contributed by atoms with Crippen molar-refractivity contribution >= 4 is 5.91 Å². The number of carbonyl (C=O) groups excluding carboxylic acids is 1. The Morgan fingerprint density at radius 2 is 2.38 bits per heavy atom. The normalized spacial score (nSPS) is 12.8. The molecule has 5 heteroatoms. The molecule has 1 amide bonds. The molecule has 1 atom stereocenters. The average Bonchev–Trinajstić information content (AvgIpc) is 2.31. The number of imidazole rings is 1. The first-order valence-electron chi connectivity index (χ1n) is 4.04. The second-order valence-electron chi connectivity index (χ2n) is 3.07. The van der Waals surface area contributed by atoms with Gasteiger partial charge in [-0.1, -0.05) is 0 Å². The van der Waals surface area contributed by atoms with Gasteiger partial charge < -0.3 is 16.0 Å². The van der Waals surface area contributed by atoms with E-state index >= 15 is 0 Å². The Labute approximate surface area is 76.7 Å². The number of aromatic nitrogens is 2. The molecule has 0 fully saturated rings. The van der Waals surface area contributed by atoms with Gasteiger partial charge in [-0.3, -0.25) is 4.79 Å². The predicted octanol–water partition coefficient (Wildman–Crippen LogP) is -0.396. The van der Waals surface area contributed by atoms with Crippen molar-refractivity contribution in [2.24, 2.45) is 18.5 Å². The highest BCUT2D eigenvalue weighted by atomic mass is 16.1. The smallest absolute Gasteiger partial charge is 0.219 e. The van der Waals surface area contributed by atoms with E-state index in [1.807, 2.05) is 18.5 Å². The van der Waals surface area contributed by atoms with E-state index < -0.39 is 5.91 Å². The Kier molecular flexibility index (Phi) is 2.67. The van der Waals surface area contributed by atoms with Crippen molar-refractivity contribution in [1.82, 2.24) is 9.55 Å². The minimum atomic E-state index is -0.397. The zero-order valence-electron chi connectivity index (χ0n) is 7.82. The van der Waals surface area contributed by atoms with E-state index in [2.05, 4.69) is 4.98 Å². The SMILES string of the molecule is Cc1ncc([C@H](N)CC(N)=O)n1C. The summed E-state index contributed by atoms with van der Waals surface area (Å²) in [6, 6.07) is -0.358. The second-order valence-corrected chi connectivity index (χ2v) is 3.07. The van der Waals surface area contributed by atoms with Crippen LogP contribution in [-0.2, 0) is 11.8 Å². The van der Waals surface area contributed by atoms with Gasteiger partial charge in [0.2, 0.25) is 5.91 Å². The van der Waals surface area contributed by atoms with Crippen LogP contribution in [0.1, 0.15) is 24.0 Å². The fourth-order valence-corrected chi connectivity index (χ4v) is 1.19. The third-order valence-electron chi connectivity index (χ3n) is 2.06. The third-order valence-corrected chi connectivity index (χ3v) is 2.06. The quantitative estimate of drug-likeness (QED) is 0.667. The van der Waals surface area contributed by atoms with E-state index in [0.29, 0.717) is 0 Å². The van der Waals surface area contributed by atoms with Gasteiger partial charge in [0.05, 0.1) is 17.9 Å². The molecule has 0 aliphatic rings. The number of aryl methyl sites for hydroxylation is 1. The molecule has 0 aliphatic carbocycles. The van der Waals surface area contributed by atoms with Crippen molar-refractivity contribution in [3.63, 3.8) is 0 Å². The first-order valence-corrected chi connectivity index (χ1v) is 4.04. The fourth-order valence-electron chi connectivity index (χ4n) is 1.19. The Bertz CT molecular complexity index is 318. The number of hydrogen-bond donors (Lipinski definition) is 2. The summed E-state index contributed by atoms with van der Waals surface area (Å²) in [5, 5.41) is 0. The van der Waals surface area contributed by atoms with E-state index in [1.54, 1.807) is 6.20 Å². The van der Waals surface area contributed by atoms with Crippen molar-refractivity contribution < 1.29 is 4.79 Å². The highest BCUT2D eigenvalue weighted by Gasteiger charge is 2.13. The van der Waals surface area contributed by atoms with E-state index in [9.17, 15) is 4.79 Å². The summed E-state index contributed by atoms with van der Waals surface area (Å²) in [5.41, 5.74) is 11.6. The van der Waals surface area contributed by atoms with E-state index in [-0.39, 0.29) is 12.5 Å². The van der Waals surface area contributed by atoms with Crippen molar-refractivity contribution in [1.29, 1.82) is 0 Å². The molecule has 1 rings (SSSR count). The molecule has 5 nitrogen and oxygen atoms in total. The maximum Gasteiger partial charge on any atom is 0.219 e. The lowest BCUT2D eigenvalue weighted by Gasteiger charge is -2.10. The monoisotopic (exact) mass is 182 g/mol. The van der Waals surface area contributed by atoms with Gasteiger partial charge >= 0.3 is 0 Å². The maximum absolute atomic E-state index is 10.6. The van der Waals surface area contributed by atoms with E-state index in [0.717, 1.165) is 11.5 Å². The third kappa shape index (κ3) is 2.06. The van der Waals surface area contributed by atoms with Crippen LogP contribution in [0.15, 0.2) is 6.20 Å². The number of rotatable bonds is 3. The van der Waals surface area contributed by atoms with Crippen LogP contribution in [0.25, 0.3) is 0 Å². The molecule has 0 aliphatic heterocycles. The second kappa shape index (κ2) is 3.57. The topological polar surface area (TPSA) is 86.9 Å². The van der Waals surface area contributed by atoms with Gasteiger partial charge in [-0.2, -0.15) is 0 Å². The average molecular weight is 182 g/mol. The first kappa shape index (κ1) is 9.73. The van der Waals surface area contributed by atoms with Crippen molar-refractivity contribution in [2.45, 2.75) is 19.4 Å². The van der Waals surface area contributed by atoms with Gasteiger partial charge in [-0.15, -0.1) is 0 Å². The van der Waals surface area contributed by atoms with Gasteiger partial charge in [-0.25, -0.2) is 4.98 Å². The Balaban J connectivity index is 2.82. The molecular formula is C8H14N4O. The van der Waals surface area contributed by atoms with E-state index in [1.165, 1.54) is 0 Å². The summed E-state index contributed by atoms with van der Waals surface area (Å²) < 4.78 is 1.85. The number of primary amides is 1. The van der Waals surface area contributed by atoms with Crippen LogP contribution in [-0.4, -0.2) is 15.5 Å². The highest BCUT2D eigenvalue weighted by molar-refractivity contribution is 5.74. The number of amides is 1. The lowest BCUT2D eigenvalue weighted by atomic mass is 10.1. The molecule has 4 N–H and O–H groups in total. The Hall–Kier alpha value is -1.36. The first-order chi connectivity index (χ1) is 6.02. The van der Waals surface area contributed by atoms with Gasteiger partial charge in [0, 0.05) is 13.5 Å². The standard InChI is InChI=1S/C8H14N4O/c1-5-11-4-7(12(5)2)6(9)3-8(10)13/h4,6H,3,9H2,1-2H3,(H2,10,13)/t6-/m1/s1. The minimum Gasteiger partial charge on any atom is -0.370 e. The predicted molar refractivity (Wildman–Crippen MR) is 48.7 cm³/mol. The summed E-state index contributed by atoms with van der Waals surface area (Å²) in [7, 11) is 1.86. The number of carbonyl (C=O) groups is 1. The van der Waals surface area contributed by atoms with Crippen molar-refractivity contribution in [3.05, 3.63) is 17.7 Å². The van der Waals surface area contributed by atoms with Crippen molar-refractivity contribution in [3.8, 4) is 0 Å². The summed E-state index contributed by atoms with van der Waals surface area (Å²) in [6.07, 6.45) is 1.82. The highest BCUT2D eigenvalue weighted by Crippen LogP contribution is 2.13. The molecule has 1 aromatic heterocycles. The minimum absolute atomic E-state index is 0.152. The summed E-state index contributed by atoms with van der Waals surface area (Å²) in [6.45, 7) is 1.88. The van der Waals surface area contributed by atoms with Crippen LogP contribution in [0.3, 0.4) is 0 Å². The van der Waals surface area contributed by atoms with Gasteiger partial charge in [-0.05, 0) is 6.92 Å². The summed E-state index contributed by atoms with van der Waals surface area (Å²) in [5.74, 6) is 0.473. The molecular weight excluding hydrogens is 168 g/mol. The molecule has 1 heterocycles. The van der Waals surface area contributed by atoms with Gasteiger partial charge in [0.15, 0.2) is 0 Å². The Morgan fingerprint density at radius 1 is 1.77 bits per heavy atom. The van der Waals surface area contributed by atoms with Gasteiger partial charge in [0.25, 0.3) is 0 Å². The number of nitrogens with zero attached hydrogens (tertiary/aromatic N) is 2. The zero-order valence-corrected chi connectivity index (χ0v) is 7.82. The lowest BCUT2D eigenvalue weighted by molar-refractivity contribution is -0.118. The molecule has 72 valence electrons. The van der Waals surface area contributed by atoms with Crippen LogP contribution in [0.4, 0.5) is 0 Å². The van der Waals surface area contributed by atoms with Crippen LogP contribution in [0.2, 0.25) is 0 Å². The van der Waals surface area contributed by atoms with E-state index in [4.69, 9.17) is 11.5 Å². The summed E-state index contributed by atoms with van der Waals surface area (Å²) >= 11 is 0. The van der Waals surface area contributed by atoms with Crippen LogP contribution < -0.4 is 11.5 Å². The fraction of sp³-hybridized carbons (Fsp3) is 0.500. The maximum atomic E-state index is 10.6. The molecule has 0 spiro atoms. The Morgan fingerprint density at radius 3 is 2.77 bits per heavy atom. The molecule has 0 saturated heterocycles. The number of hydrogen-bond acceptors (Lipinski definition) is 3. The van der Waals surface area contributed by atoms with Crippen LogP contribution in [0, 0.1) is 6.92 Å². The molecule has 0 saturated carbocycles. The molecule has 1 aromatic rings. The van der Waals surface area contributed by atoms with Gasteiger partial charge in [0.1, 0.15) is 5.82 Å². The molecule has 0 bridgehead atoms. The molecule has 0 unspecified atom stereocenters. The zero-order chi connectivity index (χ0) is 10.0. The summed E-state index contributed by atoms with van der Waals surface area (Å²) in [4.78, 5) is 14.7.